The van der Waals surface area contributed by atoms with Crippen LogP contribution in [0.25, 0.3) is 0 Å². The summed E-state index contributed by atoms with van der Waals surface area (Å²) in [5.74, 6) is 0.349. The molecule has 0 aliphatic carbocycles. The molecule has 0 aliphatic rings. The number of nitrogens with zero attached hydrogens (tertiary/aromatic N) is 1. The Morgan fingerprint density at radius 2 is 1.95 bits per heavy atom. The van der Waals surface area contributed by atoms with Gasteiger partial charge in [0.25, 0.3) is 5.91 Å². The Hall–Kier alpha value is -2.14. The van der Waals surface area contributed by atoms with Crippen molar-refractivity contribution in [2.45, 2.75) is 13.2 Å². The summed E-state index contributed by atoms with van der Waals surface area (Å²) >= 11 is 0. The number of benzene rings is 1. The van der Waals surface area contributed by atoms with Crippen molar-refractivity contribution in [3.8, 4) is 0 Å². The molecule has 0 spiro atoms. The monoisotopic (exact) mass is 277 g/mol. The van der Waals surface area contributed by atoms with Crippen molar-refractivity contribution >= 4 is 5.91 Å². The predicted molar refractivity (Wildman–Crippen MR) is 71.6 cm³/mol. The molecule has 1 aromatic carbocycles. The average Bonchev–Trinajstić information content (AvgIpc) is 2.89. The first-order chi connectivity index (χ1) is 9.60. The van der Waals surface area contributed by atoms with Gasteiger partial charge >= 0.3 is 0 Å². The molecule has 0 atom stereocenters. The van der Waals surface area contributed by atoms with E-state index < -0.39 is 0 Å². The van der Waals surface area contributed by atoms with Crippen LogP contribution in [0.4, 0.5) is 4.39 Å². The van der Waals surface area contributed by atoms with Crippen molar-refractivity contribution in [3.63, 3.8) is 0 Å². The molecule has 0 unspecified atom stereocenters. The van der Waals surface area contributed by atoms with Crippen LogP contribution in [0.3, 0.4) is 0 Å². The van der Waals surface area contributed by atoms with E-state index in [-0.39, 0.29) is 17.5 Å². The van der Waals surface area contributed by atoms with E-state index in [9.17, 15) is 9.18 Å². The minimum atomic E-state index is -0.294. The van der Waals surface area contributed by atoms with E-state index in [1.807, 2.05) is 0 Å². The minimum absolute atomic E-state index is 0.225. The molecule has 1 heterocycles. The Morgan fingerprint density at radius 3 is 2.60 bits per heavy atom. The van der Waals surface area contributed by atoms with Gasteiger partial charge in [0.15, 0.2) is 5.76 Å². The highest BCUT2D eigenvalue weighted by Gasteiger charge is 2.16. The van der Waals surface area contributed by atoms with E-state index in [0.29, 0.717) is 18.9 Å². The zero-order valence-corrected chi connectivity index (χ0v) is 11.4. The van der Waals surface area contributed by atoms with Gasteiger partial charge in [0, 0.05) is 20.7 Å². The number of amides is 1. The number of hydrogen-bond acceptors (Lipinski definition) is 3. The molecule has 0 aliphatic heterocycles. The zero-order chi connectivity index (χ0) is 14.5. The third kappa shape index (κ3) is 3.45. The van der Waals surface area contributed by atoms with Crippen LogP contribution in [0.15, 0.2) is 40.8 Å². The number of furan rings is 1. The maximum absolute atomic E-state index is 12.8. The first-order valence-electron chi connectivity index (χ1n) is 6.17. The number of methoxy groups -OCH3 is 1. The average molecular weight is 277 g/mol. The van der Waals surface area contributed by atoms with Crippen molar-refractivity contribution in [1.82, 2.24) is 4.90 Å². The third-order valence-corrected chi connectivity index (χ3v) is 2.84. The number of rotatable bonds is 5. The van der Waals surface area contributed by atoms with Crippen LogP contribution in [0.1, 0.15) is 21.9 Å². The number of halogens is 1. The van der Waals surface area contributed by atoms with Gasteiger partial charge in [-0.3, -0.25) is 4.79 Å². The second-order valence-electron chi connectivity index (χ2n) is 4.49. The zero-order valence-electron chi connectivity index (χ0n) is 11.4. The topological polar surface area (TPSA) is 42.7 Å². The summed E-state index contributed by atoms with van der Waals surface area (Å²) in [6, 6.07) is 9.38. The molecule has 0 radical (unpaired) electrons. The predicted octanol–water partition coefficient (Wildman–Crippen LogP) is 2.84. The summed E-state index contributed by atoms with van der Waals surface area (Å²) < 4.78 is 23.1. The summed E-state index contributed by atoms with van der Waals surface area (Å²) in [5.41, 5.74) is 0.853. The number of ether oxygens (including phenoxy) is 1. The molecular formula is C15H16FNO3. The largest absolute Gasteiger partial charge is 0.453 e. The second kappa shape index (κ2) is 6.34. The Morgan fingerprint density at radius 1 is 1.25 bits per heavy atom. The van der Waals surface area contributed by atoms with Crippen molar-refractivity contribution in [2.24, 2.45) is 0 Å². The van der Waals surface area contributed by atoms with Gasteiger partial charge in [-0.05, 0) is 29.8 Å². The Balaban J connectivity index is 2.02. The van der Waals surface area contributed by atoms with Crippen LogP contribution in [0.5, 0.6) is 0 Å². The maximum Gasteiger partial charge on any atom is 0.289 e. The number of carbonyl (C=O) groups excluding carboxylic acids is 1. The van der Waals surface area contributed by atoms with E-state index in [2.05, 4.69) is 0 Å². The maximum atomic E-state index is 12.8. The number of carbonyl (C=O) groups is 1. The summed E-state index contributed by atoms with van der Waals surface area (Å²) in [4.78, 5) is 13.7. The van der Waals surface area contributed by atoms with Crippen LogP contribution in [-0.2, 0) is 17.9 Å². The van der Waals surface area contributed by atoms with Crippen molar-refractivity contribution in [3.05, 3.63) is 59.3 Å². The molecule has 2 aromatic rings. The van der Waals surface area contributed by atoms with Gasteiger partial charge < -0.3 is 14.1 Å². The SMILES string of the molecule is COCc1ccc(C(=O)N(C)Cc2ccc(F)cc2)o1. The molecule has 106 valence electrons. The normalized spacial score (nSPS) is 10.6. The van der Waals surface area contributed by atoms with Crippen LogP contribution in [-0.4, -0.2) is 25.0 Å². The molecule has 0 N–H and O–H groups in total. The molecule has 5 heteroatoms. The van der Waals surface area contributed by atoms with E-state index in [0.717, 1.165) is 5.56 Å². The second-order valence-corrected chi connectivity index (χ2v) is 4.49. The first kappa shape index (κ1) is 14.3. The van der Waals surface area contributed by atoms with Gasteiger partial charge in [-0.25, -0.2) is 4.39 Å². The Labute approximate surface area is 116 Å². The standard InChI is InChI=1S/C15H16FNO3/c1-17(9-11-3-5-12(16)6-4-11)15(18)14-8-7-13(20-14)10-19-2/h3-8H,9-10H2,1-2H3. The lowest BCUT2D eigenvalue weighted by atomic mass is 10.2. The molecule has 2 rings (SSSR count). The summed E-state index contributed by atoms with van der Waals surface area (Å²) in [5, 5.41) is 0. The van der Waals surface area contributed by atoms with Gasteiger partial charge in [0.1, 0.15) is 18.2 Å². The summed E-state index contributed by atoms with van der Waals surface area (Å²) in [6.45, 7) is 0.717. The van der Waals surface area contributed by atoms with Crippen LogP contribution in [0, 0.1) is 5.82 Å². The van der Waals surface area contributed by atoms with Gasteiger partial charge in [-0.15, -0.1) is 0 Å². The van der Waals surface area contributed by atoms with Gasteiger partial charge in [-0.1, -0.05) is 12.1 Å². The molecule has 0 fully saturated rings. The molecule has 0 saturated carbocycles. The fourth-order valence-corrected chi connectivity index (χ4v) is 1.84. The van der Waals surface area contributed by atoms with E-state index in [1.165, 1.54) is 17.0 Å². The number of hydrogen-bond donors (Lipinski definition) is 0. The smallest absolute Gasteiger partial charge is 0.289 e. The first-order valence-corrected chi connectivity index (χ1v) is 6.17. The quantitative estimate of drug-likeness (QED) is 0.844. The van der Waals surface area contributed by atoms with E-state index in [4.69, 9.17) is 9.15 Å². The van der Waals surface area contributed by atoms with Crippen LogP contribution >= 0.6 is 0 Å². The molecule has 1 amide bonds. The molecule has 0 bridgehead atoms. The molecule has 4 nitrogen and oxygen atoms in total. The molecule has 1 aromatic heterocycles. The van der Waals surface area contributed by atoms with Crippen molar-refractivity contribution in [2.75, 3.05) is 14.2 Å². The lowest BCUT2D eigenvalue weighted by molar-refractivity contribution is 0.0745. The van der Waals surface area contributed by atoms with Gasteiger partial charge in [0.05, 0.1) is 0 Å². The van der Waals surface area contributed by atoms with E-state index in [1.54, 1.807) is 38.4 Å². The van der Waals surface area contributed by atoms with Crippen molar-refractivity contribution < 1.29 is 18.3 Å². The van der Waals surface area contributed by atoms with Gasteiger partial charge in [0.2, 0.25) is 0 Å². The van der Waals surface area contributed by atoms with Crippen LogP contribution in [0.2, 0.25) is 0 Å². The highest BCUT2D eigenvalue weighted by atomic mass is 19.1. The molecule has 0 saturated heterocycles. The Kier molecular flexibility index (Phi) is 4.53. The molecular weight excluding hydrogens is 261 g/mol. The summed E-state index contributed by atoms with van der Waals surface area (Å²) in [7, 11) is 3.23. The third-order valence-electron chi connectivity index (χ3n) is 2.84. The lowest BCUT2D eigenvalue weighted by Gasteiger charge is -2.15. The van der Waals surface area contributed by atoms with Crippen LogP contribution < -0.4 is 0 Å². The lowest BCUT2D eigenvalue weighted by Crippen LogP contribution is -2.25. The minimum Gasteiger partial charge on any atom is -0.453 e. The fourth-order valence-electron chi connectivity index (χ4n) is 1.84. The Bertz CT molecular complexity index is 577. The van der Waals surface area contributed by atoms with E-state index >= 15 is 0 Å². The summed E-state index contributed by atoms with van der Waals surface area (Å²) in [6.07, 6.45) is 0. The van der Waals surface area contributed by atoms with Crippen molar-refractivity contribution in [1.29, 1.82) is 0 Å². The van der Waals surface area contributed by atoms with Gasteiger partial charge in [-0.2, -0.15) is 0 Å². The highest BCUT2D eigenvalue weighted by molar-refractivity contribution is 5.91. The fraction of sp³-hybridized carbons (Fsp3) is 0.267. The highest BCUT2D eigenvalue weighted by Crippen LogP contribution is 2.13. The molecule has 20 heavy (non-hydrogen) atoms.